The molecule has 0 unspecified atom stereocenters. The van der Waals surface area contributed by atoms with Crippen LogP contribution in [0.1, 0.15) is 26.3 Å². The second-order valence-electron chi connectivity index (χ2n) is 5.35. The molecule has 1 heterocycles. The number of ether oxygens (including phenoxy) is 2. The Morgan fingerprint density at radius 3 is 2.90 bits per heavy atom. The van der Waals surface area contributed by atoms with Crippen LogP contribution in [0.25, 0.3) is 0 Å². The van der Waals surface area contributed by atoms with Gasteiger partial charge < -0.3 is 14.4 Å². The van der Waals surface area contributed by atoms with Gasteiger partial charge in [0.05, 0.1) is 24.3 Å². The summed E-state index contributed by atoms with van der Waals surface area (Å²) in [5.41, 5.74) is 0.431. The zero-order chi connectivity index (χ0) is 15.4. The normalized spacial score (nSPS) is 23.2. The first-order valence-corrected chi connectivity index (χ1v) is 7.10. The Morgan fingerprint density at radius 2 is 2.19 bits per heavy atom. The van der Waals surface area contributed by atoms with Crippen LogP contribution in [0.3, 0.4) is 0 Å². The van der Waals surface area contributed by atoms with Gasteiger partial charge in [-0.1, -0.05) is 12.1 Å². The molecule has 0 bridgehead atoms. The third-order valence-corrected chi connectivity index (χ3v) is 3.55. The molecule has 0 spiro atoms. The van der Waals surface area contributed by atoms with Gasteiger partial charge >= 0.3 is 0 Å². The average Bonchev–Trinajstić information content (AvgIpc) is 2.49. The molecule has 1 aromatic carbocycles. The maximum atomic E-state index is 12.5. The minimum absolute atomic E-state index is 0.0312. The number of carbonyl (C=O) groups excluding carboxylic acids is 1. The van der Waals surface area contributed by atoms with Crippen molar-refractivity contribution in [1.29, 1.82) is 5.26 Å². The fourth-order valence-electron chi connectivity index (χ4n) is 2.35. The van der Waals surface area contributed by atoms with Gasteiger partial charge in [0.15, 0.2) is 6.10 Å². The molecule has 112 valence electrons. The molecule has 0 radical (unpaired) electrons. The van der Waals surface area contributed by atoms with Crippen molar-refractivity contribution in [3.05, 3.63) is 29.8 Å². The Balaban J connectivity index is 2.07. The van der Waals surface area contributed by atoms with E-state index in [0.29, 0.717) is 24.5 Å². The molecule has 0 saturated carbocycles. The third kappa shape index (κ3) is 3.53. The molecular formula is C16H20N2O3. The Bertz CT molecular complexity index is 553. The van der Waals surface area contributed by atoms with Crippen molar-refractivity contribution < 1.29 is 14.3 Å². The largest absolute Gasteiger partial charge is 0.480 e. The number of hydrogen-bond acceptors (Lipinski definition) is 4. The quantitative estimate of drug-likeness (QED) is 0.853. The van der Waals surface area contributed by atoms with Crippen LogP contribution in [0, 0.1) is 11.3 Å². The van der Waals surface area contributed by atoms with Gasteiger partial charge in [0.25, 0.3) is 5.91 Å². The highest BCUT2D eigenvalue weighted by Gasteiger charge is 2.31. The van der Waals surface area contributed by atoms with E-state index < -0.39 is 6.10 Å². The fourth-order valence-corrected chi connectivity index (χ4v) is 2.35. The minimum atomic E-state index is -0.632. The van der Waals surface area contributed by atoms with Crippen molar-refractivity contribution in [1.82, 2.24) is 4.90 Å². The van der Waals surface area contributed by atoms with Crippen molar-refractivity contribution in [2.24, 2.45) is 0 Å². The summed E-state index contributed by atoms with van der Waals surface area (Å²) in [6.07, 6.45) is -0.601. The van der Waals surface area contributed by atoms with E-state index in [0.717, 1.165) is 0 Å². The zero-order valence-corrected chi connectivity index (χ0v) is 12.6. The van der Waals surface area contributed by atoms with Crippen LogP contribution in [0.4, 0.5) is 0 Å². The maximum Gasteiger partial charge on any atom is 0.263 e. The number of amides is 1. The Kier molecular flexibility index (Phi) is 4.81. The van der Waals surface area contributed by atoms with Gasteiger partial charge in [-0.25, -0.2) is 0 Å². The van der Waals surface area contributed by atoms with E-state index >= 15 is 0 Å². The summed E-state index contributed by atoms with van der Waals surface area (Å²) in [5.74, 6) is 0.361. The smallest absolute Gasteiger partial charge is 0.263 e. The number of para-hydroxylation sites is 1. The molecule has 3 atom stereocenters. The monoisotopic (exact) mass is 288 g/mol. The van der Waals surface area contributed by atoms with E-state index in [1.165, 1.54) is 0 Å². The lowest BCUT2D eigenvalue weighted by Gasteiger charge is -2.38. The van der Waals surface area contributed by atoms with Crippen molar-refractivity contribution in [2.45, 2.75) is 39.0 Å². The highest BCUT2D eigenvalue weighted by Crippen LogP contribution is 2.20. The van der Waals surface area contributed by atoms with E-state index in [1.54, 1.807) is 36.1 Å². The van der Waals surface area contributed by atoms with Crippen LogP contribution in [0.15, 0.2) is 24.3 Å². The molecule has 21 heavy (non-hydrogen) atoms. The van der Waals surface area contributed by atoms with Gasteiger partial charge in [-0.3, -0.25) is 4.79 Å². The first-order valence-electron chi connectivity index (χ1n) is 7.10. The molecule has 1 aliphatic rings. The summed E-state index contributed by atoms with van der Waals surface area (Å²) < 4.78 is 11.2. The molecule has 1 fully saturated rings. The van der Waals surface area contributed by atoms with E-state index in [4.69, 9.17) is 14.7 Å². The summed E-state index contributed by atoms with van der Waals surface area (Å²) >= 11 is 0. The number of carbonyl (C=O) groups is 1. The summed E-state index contributed by atoms with van der Waals surface area (Å²) in [4.78, 5) is 14.3. The van der Waals surface area contributed by atoms with Crippen LogP contribution >= 0.6 is 0 Å². The molecule has 1 saturated heterocycles. The summed E-state index contributed by atoms with van der Waals surface area (Å²) in [6, 6.07) is 9.03. The van der Waals surface area contributed by atoms with Gasteiger partial charge in [0.1, 0.15) is 11.8 Å². The average molecular weight is 288 g/mol. The molecular weight excluding hydrogens is 268 g/mol. The maximum absolute atomic E-state index is 12.5. The number of nitriles is 1. The van der Waals surface area contributed by atoms with Crippen LogP contribution < -0.4 is 4.74 Å². The second kappa shape index (κ2) is 6.59. The van der Waals surface area contributed by atoms with Crippen LogP contribution in [-0.4, -0.2) is 42.2 Å². The SMILES string of the molecule is C[C@@H]1CN(C(=O)[C@@H](C)Oc2ccccc2C#N)[C@@H](C)CO1. The van der Waals surface area contributed by atoms with E-state index in [2.05, 4.69) is 6.07 Å². The lowest BCUT2D eigenvalue weighted by atomic mass is 10.1. The molecule has 0 aliphatic carbocycles. The summed E-state index contributed by atoms with van der Waals surface area (Å²) in [6.45, 7) is 6.72. The first-order chi connectivity index (χ1) is 10.0. The van der Waals surface area contributed by atoms with Gasteiger partial charge in [0.2, 0.25) is 0 Å². The number of morpholine rings is 1. The van der Waals surface area contributed by atoms with Gasteiger partial charge in [0, 0.05) is 6.54 Å². The standard InChI is InChI=1S/C16H20N2O3/c1-11-10-20-12(2)9-18(11)16(19)13(3)21-15-7-5-4-6-14(15)8-17/h4-7,11-13H,9-10H2,1-3H3/t11-,12+,13+/m0/s1. The van der Waals surface area contributed by atoms with E-state index in [1.807, 2.05) is 13.8 Å². The highest BCUT2D eigenvalue weighted by molar-refractivity contribution is 5.81. The summed E-state index contributed by atoms with van der Waals surface area (Å²) in [5, 5.41) is 9.05. The second-order valence-corrected chi connectivity index (χ2v) is 5.35. The first kappa shape index (κ1) is 15.3. The fraction of sp³-hybridized carbons (Fsp3) is 0.500. The van der Waals surface area contributed by atoms with Crippen molar-refractivity contribution in [3.8, 4) is 11.8 Å². The predicted octanol–water partition coefficient (Wildman–Crippen LogP) is 1.96. The van der Waals surface area contributed by atoms with Crippen molar-refractivity contribution >= 4 is 5.91 Å². The number of benzene rings is 1. The van der Waals surface area contributed by atoms with Gasteiger partial charge in [-0.2, -0.15) is 5.26 Å². The third-order valence-electron chi connectivity index (χ3n) is 3.55. The molecule has 5 nitrogen and oxygen atoms in total. The molecule has 1 aromatic rings. The molecule has 5 heteroatoms. The predicted molar refractivity (Wildman–Crippen MR) is 77.8 cm³/mol. The van der Waals surface area contributed by atoms with Gasteiger partial charge in [-0.15, -0.1) is 0 Å². The highest BCUT2D eigenvalue weighted by atomic mass is 16.5. The lowest BCUT2D eigenvalue weighted by molar-refractivity contribution is -0.149. The molecule has 0 N–H and O–H groups in total. The number of nitrogens with zero attached hydrogens (tertiary/aromatic N) is 2. The number of rotatable bonds is 3. The topological polar surface area (TPSA) is 62.6 Å². The molecule has 0 aromatic heterocycles. The Hall–Kier alpha value is -2.06. The Labute approximate surface area is 125 Å². The Morgan fingerprint density at radius 1 is 1.48 bits per heavy atom. The molecule has 1 aliphatic heterocycles. The van der Waals surface area contributed by atoms with Crippen molar-refractivity contribution in [3.63, 3.8) is 0 Å². The van der Waals surface area contributed by atoms with E-state index in [-0.39, 0.29) is 18.1 Å². The minimum Gasteiger partial charge on any atom is -0.480 e. The molecule has 2 rings (SSSR count). The van der Waals surface area contributed by atoms with Gasteiger partial charge in [-0.05, 0) is 32.9 Å². The zero-order valence-electron chi connectivity index (χ0n) is 12.6. The van der Waals surface area contributed by atoms with Crippen LogP contribution in [0.5, 0.6) is 5.75 Å². The van der Waals surface area contributed by atoms with Crippen LogP contribution in [-0.2, 0) is 9.53 Å². The van der Waals surface area contributed by atoms with E-state index in [9.17, 15) is 4.79 Å². The lowest BCUT2D eigenvalue weighted by Crippen LogP contribution is -2.53. The van der Waals surface area contributed by atoms with Crippen molar-refractivity contribution in [2.75, 3.05) is 13.2 Å². The number of hydrogen-bond donors (Lipinski definition) is 0. The molecule has 1 amide bonds. The summed E-state index contributed by atoms with van der Waals surface area (Å²) in [7, 11) is 0. The van der Waals surface area contributed by atoms with Crippen LogP contribution in [0.2, 0.25) is 0 Å².